The smallest absolute Gasteiger partial charge is 0.355 e. The van der Waals surface area contributed by atoms with E-state index in [2.05, 4.69) is 20.8 Å². The van der Waals surface area contributed by atoms with Crippen LogP contribution in [0.15, 0.2) is 23.7 Å². The van der Waals surface area contributed by atoms with Gasteiger partial charge in [-0.25, -0.2) is 9.97 Å². The maximum Gasteiger partial charge on any atom is 0.417 e. The molecular weight excluding hydrogens is 433 g/mol. The van der Waals surface area contributed by atoms with Crippen LogP contribution in [0.25, 0.3) is 0 Å². The topological polar surface area (TPSA) is 90.5 Å². The first-order valence-corrected chi connectivity index (χ1v) is 10.6. The normalized spacial score (nSPS) is 15.4. The summed E-state index contributed by atoms with van der Waals surface area (Å²) in [5, 5.41) is 2.53. The Morgan fingerprint density at radius 1 is 1.13 bits per heavy atom. The fourth-order valence-corrected chi connectivity index (χ4v) is 3.92. The predicted molar refractivity (Wildman–Crippen MR) is 109 cm³/mol. The van der Waals surface area contributed by atoms with Crippen LogP contribution in [0.4, 0.5) is 19.0 Å². The number of hydrogen-bond donors (Lipinski definition) is 2. The number of carbonyl (C=O) groups excluding carboxylic acids is 2. The molecule has 1 aliphatic rings. The molecule has 0 aromatic carbocycles. The number of alkyl halides is 3. The Balaban J connectivity index is 1.43. The molecule has 168 valence electrons. The highest BCUT2D eigenvalue weighted by atomic mass is 32.1. The molecule has 1 aliphatic heterocycles. The van der Waals surface area contributed by atoms with Gasteiger partial charge in [0.25, 0.3) is 5.91 Å². The standard InChI is InChI=1S/C19H23F3N6O2S/c1-13-12-31-18(24-13)9-16(29)25-26-17(30)11-27-5-2-6-28(8-7-27)15-4-3-14(10-23-15)19(20,21)22/h3-4,10,12H,2,5-9,11H2,1H3,(H,25,29)(H,26,30). The number of hydrogen-bond acceptors (Lipinski definition) is 7. The highest BCUT2D eigenvalue weighted by molar-refractivity contribution is 7.09. The molecule has 31 heavy (non-hydrogen) atoms. The molecule has 0 spiro atoms. The molecule has 0 atom stereocenters. The van der Waals surface area contributed by atoms with E-state index >= 15 is 0 Å². The lowest BCUT2D eigenvalue weighted by Gasteiger charge is -2.22. The highest BCUT2D eigenvalue weighted by Crippen LogP contribution is 2.29. The van der Waals surface area contributed by atoms with Crippen LogP contribution in [0.5, 0.6) is 0 Å². The number of pyridine rings is 1. The molecule has 3 rings (SSSR count). The molecule has 0 aliphatic carbocycles. The summed E-state index contributed by atoms with van der Waals surface area (Å²) in [6.45, 7) is 4.29. The fraction of sp³-hybridized carbons (Fsp3) is 0.474. The second kappa shape index (κ2) is 10.1. The minimum atomic E-state index is -4.41. The van der Waals surface area contributed by atoms with Gasteiger partial charge in [0.15, 0.2) is 0 Å². The van der Waals surface area contributed by atoms with Crippen LogP contribution in [0.2, 0.25) is 0 Å². The van der Waals surface area contributed by atoms with Gasteiger partial charge in [-0.1, -0.05) is 0 Å². The fourth-order valence-electron chi connectivity index (χ4n) is 3.15. The zero-order chi connectivity index (χ0) is 22.4. The third kappa shape index (κ3) is 6.89. The van der Waals surface area contributed by atoms with Gasteiger partial charge in [-0.2, -0.15) is 13.2 Å². The van der Waals surface area contributed by atoms with E-state index in [9.17, 15) is 22.8 Å². The largest absolute Gasteiger partial charge is 0.417 e. The lowest BCUT2D eigenvalue weighted by molar-refractivity contribution is -0.137. The Kier molecular flexibility index (Phi) is 7.44. The van der Waals surface area contributed by atoms with Crippen molar-refractivity contribution in [3.63, 3.8) is 0 Å². The van der Waals surface area contributed by atoms with Crippen LogP contribution in [0.3, 0.4) is 0 Å². The van der Waals surface area contributed by atoms with Gasteiger partial charge in [0.2, 0.25) is 5.91 Å². The van der Waals surface area contributed by atoms with Crippen molar-refractivity contribution in [1.82, 2.24) is 25.7 Å². The Morgan fingerprint density at radius 3 is 2.55 bits per heavy atom. The second-order valence-corrected chi connectivity index (χ2v) is 8.12. The molecule has 0 saturated carbocycles. The Morgan fingerprint density at radius 2 is 1.90 bits per heavy atom. The number of thiazole rings is 1. The van der Waals surface area contributed by atoms with Crippen LogP contribution in [-0.2, 0) is 22.2 Å². The zero-order valence-corrected chi connectivity index (χ0v) is 17.7. The molecule has 0 unspecified atom stereocenters. The van der Waals surface area contributed by atoms with Gasteiger partial charge in [0, 0.05) is 43.4 Å². The average molecular weight is 456 g/mol. The lowest BCUT2D eigenvalue weighted by atomic mass is 10.2. The molecule has 2 N–H and O–H groups in total. The number of nitrogens with zero attached hydrogens (tertiary/aromatic N) is 4. The number of anilines is 1. The van der Waals surface area contributed by atoms with E-state index in [0.717, 1.165) is 24.4 Å². The van der Waals surface area contributed by atoms with Crippen LogP contribution in [0, 0.1) is 6.92 Å². The molecule has 1 fully saturated rings. The molecule has 2 aromatic rings. The summed E-state index contributed by atoms with van der Waals surface area (Å²) in [5.41, 5.74) is 4.86. The van der Waals surface area contributed by atoms with Crippen molar-refractivity contribution >= 4 is 29.0 Å². The SMILES string of the molecule is Cc1csc(CC(=O)NNC(=O)CN2CCCN(c3ccc(C(F)(F)F)cn3)CC2)n1. The van der Waals surface area contributed by atoms with E-state index in [0.29, 0.717) is 37.0 Å². The third-order valence-electron chi connectivity index (χ3n) is 4.67. The van der Waals surface area contributed by atoms with Gasteiger partial charge >= 0.3 is 6.18 Å². The molecule has 12 heteroatoms. The Hall–Kier alpha value is -2.73. The molecule has 0 bridgehead atoms. The van der Waals surface area contributed by atoms with Crippen molar-refractivity contribution in [2.75, 3.05) is 37.6 Å². The molecule has 8 nitrogen and oxygen atoms in total. The third-order valence-corrected chi connectivity index (χ3v) is 5.64. The molecule has 2 amide bonds. The number of aromatic nitrogens is 2. The number of halogens is 3. The number of amides is 2. The summed E-state index contributed by atoms with van der Waals surface area (Å²) in [6.07, 6.45) is -2.76. The molecule has 1 saturated heterocycles. The quantitative estimate of drug-likeness (QED) is 0.667. The average Bonchev–Trinajstić information content (AvgIpc) is 2.98. The summed E-state index contributed by atoms with van der Waals surface area (Å²) < 4.78 is 38.1. The van der Waals surface area contributed by atoms with Crippen LogP contribution >= 0.6 is 11.3 Å². The number of aryl methyl sites for hydroxylation is 1. The minimum Gasteiger partial charge on any atom is -0.355 e. The van der Waals surface area contributed by atoms with Gasteiger partial charge in [-0.3, -0.25) is 25.3 Å². The van der Waals surface area contributed by atoms with Crippen LogP contribution in [-0.4, -0.2) is 59.4 Å². The molecule has 2 aromatic heterocycles. The number of nitrogens with one attached hydrogen (secondary N) is 2. The van der Waals surface area contributed by atoms with E-state index in [1.165, 1.54) is 17.4 Å². The van der Waals surface area contributed by atoms with E-state index in [1.807, 2.05) is 22.1 Å². The van der Waals surface area contributed by atoms with Crippen molar-refractivity contribution in [3.8, 4) is 0 Å². The highest BCUT2D eigenvalue weighted by Gasteiger charge is 2.31. The van der Waals surface area contributed by atoms with Gasteiger partial charge in [-0.05, 0) is 25.5 Å². The van der Waals surface area contributed by atoms with Crippen molar-refractivity contribution in [1.29, 1.82) is 0 Å². The summed E-state index contributed by atoms with van der Waals surface area (Å²) in [7, 11) is 0. The van der Waals surface area contributed by atoms with E-state index < -0.39 is 11.7 Å². The summed E-state index contributed by atoms with van der Waals surface area (Å²) in [5.74, 6) is -0.216. The monoisotopic (exact) mass is 456 g/mol. The van der Waals surface area contributed by atoms with Crippen LogP contribution in [0.1, 0.15) is 22.7 Å². The zero-order valence-electron chi connectivity index (χ0n) is 16.9. The van der Waals surface area contributed by atoms with E-state index in [4.69, 9.17) is 0 Å². The number of carbonyl (C=O) groups is 2. The molecular formula is C19H23F3N6O2S. The molecule has 0 radical (unpaired) electrons. The van der Waals surface area contributed by atoms with Gasteiger partial charge in [-0.15, -0.1) is 11.3 Å². The summed E-state index contributed by atoms with van der Waals surface area (Å²) in [4.78, 5) is 36.0. The van der Waals surface area contributed by atoms with Crippen molar-refractivity contribution in [2.45, 2.75) is 25.9 Å². The lowest BCUT2D eigenvalue weighted by Crippen LogP contribution is -2.47. The summed E-state index contributed by atoms with van der Waals surface area (Å²) in [6, 6.07) is 2.39. The van der Waals surface area contributed by atoms with Crippen LogP contribution < -0.4 is 15.8 Å². The van der Waals surface area contributed by atoms with E-state index in [1.54, 1.807) is 0 Å². The Labute approximate surface area is 181 Å². The Bertz CT molecular complexity index is 903. The maximum absolute atomic E-state index is 12.7. The number of rotatable bonds is 5. The maximum atomic E-state index is 12.7. The van der Waals surface area contributed by atoms with Gasteiger partial charge in [0.1, 0.15) is 10.8 Å². The predicted octanol–water partition coefficient (Wildman–Crippen LogP) is 1.77. The molecule has 3 heterocycles. The first-order valence-electron chi connectivity index (χ1n) is 9.70. The van der Waals surface area contributed by atoms with Crippen molar-refractivity contribution in [3.05, 3.63) is 40.0 Å². The first-order chi connectivity index (χ1) is 14.7. The first kappa shape index (κ1) is 22.9. The number of hydrazine groups is 1. The van der Waals surface area contributed by atoms with E-state index in [-0.39, 0.29) is 24.8 Å². The minimum absolute atomic E-state index is 0.0948. The van der Waals surface area contributed by atoms with Gasteiger partial charge in [0.05, 0.1) is 18.5 Å². The van der Waals surface area contributed by atoms with Crippen molar-refractivity contribution in [2.24, 2.45) is 0 Å². The summed E-state index contributed by atoms with van der Waals surface area (Å²) >= 11 is 1.38. The second-order valence-electron chi connectivity index (χ2n) is 7.18. The van der Waals surface area contributed by atoms with Gasteiger partial charge < -0.3 is 4.90 Å². The van der Waals surface area contributed by atoms with Crippen molar-refractivity contribution < 1.29 is 22.8 Å².